The summed E-state index contributed by atoms with van der Waals surface area (Å²) in [6.45, 7) is 1.35. The Morgan fingerprint density at radius 3 is 2.68 bits per heavy atom. The summed E-state index contributed by atoms with van der Waals surface area (Å²) < 4.78 is 21.1. The normalized spacial score (nSPS) is 17.3. The number of anilines is 1. The summed E-state index contributed by atoms with van der Waals surface area (Å²) in [5.41, 5.74) is 5.28. The molecule has 2 fully saturated rings. The Balaban J connectivity index is 1.21. The van der Waals surface area contributed by atoms with Gasteiger partial charge in [0.2, 0.25) is 0 Å². The van der Waals surface area contributed by atoms with Crippen LogP contribution in [0.4, 0.5) is 10.2 Å². The topological polar surface area (TPSA) is 109 Å². The van der Waals surface area contributed by atoms with Crippen molar-refractivity contribution < 1.29 is 13.9 Å². The van der Waals surface area contributed by atoms with Crippen molar-refractivity contribution in [3.05, 3.63) is 82.8 Å². The molecule has 0 spiro atoms. The highest BCUT2D eigenvalue weighted by molar-refractivity contribution is 6.10. The minimum absolute atomic E-state index is 0.101. The Morgan fingerprint density at radius 2 is 1.98 bits per heavy atom. The van der Waals surface area contributed by atoms with Gasteiger partial charge >= 0.3 is 0 Å². The molecular formula is C31H28FN7O2. The minimum atomic E-state index is -1.30. The molecule has 1 saturated carbocycles. The van der Waals surface area contributed by atoms with Crippen LogP contribution in [0.3, 0.4) is 0 Å². The number of alkyl halides is 1. The van der Waals surface area contributed by atoms with Gasteiger partial charge in [-0.05, 0) is 65.4 Å². The first-order valence-corrected chi connectivity index (χ1v) is 13.7. The minimum Gasteiger partial charge on any atom is -0.375 e. The third kappa shape index (κ3) is 4.77. The maximum absolute atomic E-state index is 14.3. The van der Waals surface area contributed by atoms with Crippen LogP contribution in [0.5, 0.6) is 0 Å². The number of aryl methyl sites for hydroxylation is 1. The van der Waals surface area contributed by atoms with E-state index in [1.54, 1.807) is 17.3 Å². The Bertz CT molecular complexity index is 1720. The molecule has 1 aliphatic carbocycles. The molecule has 1 saturated heterocycles. The van der Waals surface area contributed by atoms with Crippen molar-refractivity contribution in [1.29, 1.82) is 5.26 Å². The summed E-state index contributed by atoms with van der Waals surface area (Å²) >= 11 is 0. The number of carbonyl (C=O) groups is 1. The highest BCUT2D eigenvalue weighted by Crippen LogP contribution is 2.43. The summed E-state index contributed by atoms with van der Waals surface area (Å²) in [4.78, 5) is 20.4. The molecule has 0 radical (unpaired) electrons. The van der Waals surface area contributed by atoms with E-state index in [1.165, 1.54) is 0 Å². The van der Waals surface area contributed by atoms with E-state index in [4.69, 9.17) is 9.72 Å². The third-order valence-electron chi connectivity index (χ3n) is 7.99. The number of nitriles is 1. The molecule has 10 heteroatoms. The van der Waals surface area contributed by atoms with E-state index in [0.717, 1.165) is 46.4 Å². The van der Waals surface area contributed by atoms with Gasteiger partial charge in [-0.25, -0.2) is 9.37 Å². The van der Waals surface area contributed by atoms with Crippen LogP contribution in [0.15, 0.2) is 54.9 Å². The second kappa shape index (κ2) is 9.87. The first-order chi connectivity index (χ1) is 19.9. The quantitative estimate of drug-likeness (QED) is 0.349. The number of amides is 1. The van der Waals surface area contributed by atoms with Crippen molar-refractivity contribution in [2.45, 2.75) is 37.5 Å². The molecule has 2 aliphatic heterocycles. The second-order valence-corrected chi connectivity index (χ2v) is 11.2. The zero-order chi connectivity index (χ0) is 28.1. The van der Waals surface area contributed by atoms with Gasteiger partial charge in [0.15, 0.2) is 11.5 Å². The lowest BCUT2D eigenvalue weighted by atomic mass is 9.96. The van der Waals surface area contributed by atoms with Crippen LogP contribution in [0.25, 0.3) is 22.5 Å². The number of nitrogens with one attached hydrogen (secondary N) is 1. The standard InChI is InChI=1S/C31H28FN7O2/c1-38-18-35-37-29(38)26-8-19(12-33)3-7-24(26)23-10-27(21-5-6-21)36-28(11-23)39-14-22-4-2-20(9-25(22)30(39)40)13-34-15-31(32)16-41-17-31/h2-4,7-11,18,21,34H,5-6,13-17H2,1H3. The zero-order valence-corrected chi connectivity index (χ0v) is 22.6. The van der Waals surface area contributed by atoms with Gasteiger partial charge in [-0.3, -0.25) is 9.69 Å². The van der Waals surface area contributed by atoms with Crippen molar-refractivity contribution in [3.8, 4) is 28.6 Å². The average Bonchev–Trinajstić information content (AvgIpc) is 3.66. The highest BCUT2D eigenvalue weighted by atomic mass is 19.1. The first-order valence-electron chi connectivity index (χ1n) is 13.7. The largest absolute Gasteiger partial charge is 0.375 e. The van der Waals surface area contributed by atoms with Gasteiger partial charge in [-0.1, -0.05) is 18.2 Å². The molecular weight excluding hydrogens is 521 g/mol. The van der Waals surface area contributed by atoms with Crippen LogP contribution in [-0.4, -0.2) is 51.1 Å². The number of carbonyl (C=O) groups excluding carboxylic acids is 1. The Labute approximate surface area is 236 Å². The number of fused-ring (bicyclic) bond motifs is 1. The van der Waals surface area contributed by atoms with Gasteiger partial charge < -0.3 is 14.6 Å². The predicted octanol–water partition coefficient (Wildman–Crippen LogP) is 4.28. The maximum atomic E-state index is 14.3. The third-order valence-corrected chi connectivity index (χ3v) is 7.99. The van der Waals surface area contributed by atoms with Gasteiger partial charge in [0.05, 0.1) is 31.4 Å². The number of hydrogen-bond acceptors (Lipinski definition) is 7. The van der Waals surface area contributed by atoms with Gasteiger partial charge in [0.1, 0.15) is 12.1 Å². The van der Waals surface area contributed by atoms with E-state index >= 15 is 0 Å². The monoisotopic (exact) mass is 549 g/mol. The average molecular weight is 550 g/mol. The lowest BCUT2D eigenvalue weighted by Gasteiger charge is -2.33. The Kier molecular flexibility index (Phi) is 6.14. The molecule has 0 atom stereocenters. The lowest BCUT2D eigenvalue weighted by Crippen LogP contribution is -2.52. The highest BCUT2D eigenvalue weighted by Gasteiger charge is 2.38. The van der Waals surface area contributed by atoms with Crippen LogP contribution in [0.1, 0.15) is 51.5 Å². The van der Waals surface area contributed by atoms with Crippen LogP contribution in [0.2, 0.25) is 0 Å². The summed E-state index contributed by atoms with van der Waals surface area (Å²) in [6.07, 6.45) is 3.76. The summed E-state index contributed by atoms with van der Waals surface area (Å²) in [7, 11) is 1.87. The molecule has 7 rings (SSSR count). The number of nitrogens with zero attached hydrogens (tertiary/aromatic N) is 6. The van der Waals surface area contributed by atoms with E-state index in [9.17, 15) is 14.4 Å². The fourth-order valence-electron chi connectivity index (χ4n) is 5.50. The Hall–Kier alpha value is -4.46. The maximum Gasteiger partial charge on any atom is 0.260 e. The van der Waals surface area contributed by atoms with E-state index in [2.05, 4.69) is 27.6 Å². The van der Waals surface area contributed by atoms with Gasteiger partial charge in [0, 0.05) is 42.9 Å². The van der Waals surface area contributed by atoms with Crippen molar-refractivity contribution >= 4 is 11.7 Å². The number of pyridine rings is 1. The Morgan fingerprint density at radius 1 is 1.12 bits per heavy atom. The molecule has 9 nitrogen and oxygen atoms in total. The van der Waals surface area contributed by atoms with E-state index in [0.29, 0.717) is 41.8 Å². The lowest BCUT2D eigenvalue weighted by molar-refractivity contribution is -0.127. The van der Waals surface area contributed by atoms with Crippen LogP contribution < -0.4 is 10.2 Å². The van der Waals surface area contributed by atoms with Crippen molar-refractivity contribution in [2.24, 2.45) is 7.05 Å². The SMILES string of the molecule is Cn1cnnc1-c1cc(C#N)ccc1-c1cc(C2CC2)nc(N2Cc3ccc(CNCC4(F)COC4)cc3C2=O)c1. The van der Waals surface area contributed by atoms with Crippen molar-refractivity contribution in [1.82, 2.24) is 25.1 Å². The number of hydrogen-bond donors (Lipinski definition) is 1. The smallest absolute Gasteiger partial charge is 0.260 e. The molecule has 0 unspecified atom stereocenters. The fraction of sp³-hybridized carbons (Fsp3) is 0.323. The molecule has 206 valence electrons. The van der Waals surface area contributed by atoms with E-state index in [1.807, 2.05) is 48.0 Å². The molecule has 41 heavy (non-hydrogen) atoms. The van der Waals surface area contributed by atoms with Crippen LogP contribution >= 0.6 is 0 Å². The second-order valence-electron chi connectivity index (χ2n) is 11.2. The number of halogens is 1. The van der Waals surface area contributed by atoms with E-state index in [-0.39, 0.29) is 25.7 Å². The van der Waals surface area contributed by atoms with Gasteiger partial charge in [-0.15, -0.1) is 10.2 Å². The molecule has 3 aliphatic rings. The molecule has 2 aromatic carbocycles. The van der Waals surface area contributed by atoms with Crippen molar-refractivity contribution in [3.63, 3.8) is 0 Å². The zero-order valence-electron chi connectivity index (χ0n) is 22.6. The molecule has 1 N–H and O–H groups in total. The van der Waals surface area contributed by atoms with E-state index < -0.39 is 5.67 Å². The van der Waals surface area contributed by atoms with Gasteiger partial charge in [0.25, 0.3) is 5.91 Å². The molecule has 0 bridgehead atoms. The predicted molar refractivity (Wildman–Crippen MR) is 150 cm³/mol. The van der Waals surface area contributed by atoms with Crippen LogP contribution in [-0.2, 0) is 24.9 Å². The summed E-state index contributed by atoms with van der Waals surface area (Å²) in [5.74, 6) is 1.51. The number of aromatic nitrogens is 4. The summed E-state index contributed by atoms with van der Waals surface area (Å²) in [6, 6.07) is 17.6. The number of ether oxygens (including phenoxy) is 1. The number of benzene rings is 2. The van der Waals surface area contributed by atoms with Gasteiger partial charge in [-0.2, -0.15) is 5.26 Å². The molecule has 2 aromatic heterocycles. The summed E-state index contributed by atoms with van der Waals surface area (Å²) in [5, 5.41) is 21.1. The number of rotatable bonds is 8. The molecule has 4 aromatic rings. The fourth-order valence-corrected chi connectivity index (χ4v) is 5.50. The molecule has 4 heterocycles. The van der Waals surface area contributed by atoms with Crippen molar-refractivity contribution in [2.75, 3.05) is 24.7 Å². The van der Waals surface area contributed by atoms with Crippen LogP contribution in [0, 0.1) is 11.3 Å². The first kappa shape index (κ1) is 25.5. The molecule has 1 amide bonds.